The van der Waals surface area contributed by atoms with Gasteiger partial charge in [0.2, 0.25) is 0 Å². The molecule has 0 spiro atoms. The summed E-state index contributed by atoms with van der Waals surface area (Å²) in [5.41, 5.74) is 5.09. The summed E-state index contributed by atoms with van der Waals surface area (Å²) in [5.74, 6) is -2.31. The third-order valence-corrected chi connectivity index (χ3v) is 5.68. The summed E-state index contributed by atoms with van der Waals surface area (Å²) in [6.07, 6.45) is -2.35. The third kappa shape index (κ3) is 3.37. The maximum absolute atomic E-state index is 12.7. The average Bonchev–Trinajstić information content (AvgIpc) is 2.69. The van der Waals surface area contributed by atoms with Gasteiger partial charge in [0.15, 0.2) is 11.5 Å². The number of benzene rings is 2. The van der Waals surface area contributed by atoms with Crippen molar-refractivity contribution in [2.75, 3.05) is 20.2 Å². The summed E-state index contributed by atoms with van der Waals surface area (Å²) in [6.45, 7) is 4.14. The molecule has 2 aliphatic rings. The number of ether oxygens (including phenoxy) is 2. The number of carbonyl (C=O) groups is 1. The van der Waals surface area contributed by atoms with Crippen molar-refractivity contribution in [3.63, 3.8) is 0 Å². The second-order valence-corrected chi connectivity index (χ2v) is 7.40. The van der Waals surface area contributed by atoms with Crippen LogP contribution >= 0.6 is 0 Å². The van der Waals surface area contributed by atoms with E-state index in [-0.39, 0.29) is 17.5 Å². The van der Waals surface area contributed by atoms with Crippen molar-refractivity contribution < 1.29 is 27.4 Å². The van der Waals surface area contributed by atoms with E-state index in [9.17, 15) is 18.0 Å². The Kier molecular flexibility index (Phi) is 5.02. The Morgan fingerprint density at radius 2 is 2.00 bits per heavy atom. The van der Waals surface area contributed by atoms with Gasteiger partial charge < -0.3 is 9.47 Å². The Labute approximate surface area is 167 Å². The lowest BCUT2D eigenvalue weighted by molar-refractivity contribution is -0.189. The van der Waals surface area contributed by atoms with E-state index in [2.05, 4.69) is 22.6 Å². The Morgan fingerprint density at radius 3 is 2.69 bits per heavy atom. The lowest BCUT2D eigenvalue weighted by atomic mass is 9.76. The Balaban J connectivity index is 1.84. The van der Waals surface area contributed by atoms with E-state index >= 15 is 0 Å². The molecule has 4 nitrogen and oxygen atoms in total. The van der Waals surface area contributed by atoms with Crippen molar-refractivity contribution in [3.8, 4) is 22.6 Å². The van der Waals surface area contributed by atoms with Gasteiger partial charge in [0.05, 0.1) is 7.11 Å². The standard InChI is InChI=1S/C22H22F3NO3/c1-3-10-26-11-9-13-5-4-6-15-18(13)16(26)12-14-7-8-17(20(28-2)19(14)15)29-21(27)22(23,24)25/h4-8,16H,3,9-12H2,1-2H3. The predicted molar refractivity (Wildman–Crippen MR) is 102 cm³/mol. The van der Waals surface area contributed by atoms with E-state index in [1.54, 1.807) is 6.07 Å². The van der Waals surface area contributed by atoms with Crippen molar-refractivity contribution in [1.82, 2.24) is 4.90 Å². The highest BCUT2D eigenvalue weighted by molar-refractivity contribution is 5.85. The molecule has 2 aromatic carbocycles. The number of alkyl halides is 3. The molecule has 0 bridgehead atoms. The highest BCUT2D eigenvalue weighted by Crippen LogP contribution is 2.51. The van der Waals surface area contributed by atoms with Crippen molar-refractivity contribution >= 4 is 5.97 Å². The molecule has 1 atom stereocenters. The Hall–Kier alpha value is -2.54. The molecule has 0 amide bonds. The second kappa shape index (κ2) is 7.37. The molecular formula is C22H22F3NO3. The molecule has 0 saturated heterocycles. The summed E-state index contributed by atoms with van der Waals surface area (Å²) in [6, 6.07) is 9.41. The first kappa shape index (κ1) is 19.8. The first-order valence-corrected chi connectivity index (χ1v) is 9.70. The van der Waals surface area contributed by atoms with Crippen LogP contribution in [0.3, 0.4) is 0 Å². The minimum Gasteiger partial charge on any atom is -0.492 e. The fraction of sp³-hybridized carbons (Fsp3) is 0.409. The van der Waals surface area contributed by atoms with Crippen LogP contribution < -0.4 is 9.47 Å². The number of methoxy groups -OCH3 is 1. The van der Waals surface area contributed by atoms with E-state index in [1.807, 2.05) is 12.1 Å². The fourth-order valence-electron chi connectivity index (χ4n) is 4.55. The number of hydrogen-bond acceptors (Lipinski definition) is 4. The normalized spacial score (nSPS) is 18.0. The zero-order valence-electron chi connectivity index (χ0n) is 16.3. The number of rotatable bonds is 4. The smallest absolute Gasteiger partial charge is 0.491 e. The number of carbonyl (C=O) groups excluding carboxylic acids is 1. The largest absolute Gasteiger partial charge is 0.492 e. The van der Waals surface area contributed by atoms with E-state index < -0.39 is 12.1 Å². The van der Waals surface area contributed by atoms with E-state index in [1.165, 1.54) is 24.3 Å². The van der Waals surface area contributed by atoms with Crippen molar-refractivity contribution in [2.24, 2.45) is 0 Å². The number of esters is 1. The van der Waals surface area contributed by atoms with Gasteiger partial charge in [0, 0.05) is 18.2 Å². The molecule has 29 heavy (non-hydrogen) atoms. The highest BCUT2D eigenvalue weighted by atomic mass is 19.4. The second-order valence-electron chi connectivity index (χ2n) is 7.40. The van der Waals surface area contributed by atoms with Crippen LogP contribution in [0.5, 0.6) is 11.5 Å². The molecule has 1 aliphatic carbocycles. The summed E-state index contributed by atoms with van der Waals surface area (Å²) in [4.78, 5) is 13.9. The molecular weight excluding hydrogens is 383 g/mol. The van der Waals surface area contributed by atoms with Crippen LogP contribution in [0, 0.1) is 0 Å². The number of hydrogen-bond donors (Lipinski definition) is 0. The first-order chi connectivity index (χ1) is 13.8. The summed E-state index contributed by atoms with van der Waals surface area (Å²) in [7, 11) is 1.38. The Morgan fingerprint density at radius 1 is 1.21 bits per heavy atom. The predicted octanol–water partition coefficient (Wildman–Crippen LogP) is 4.70. The first-order valence-electron chi connectivity index (χ1n) is 9.70. The lowest BCUT2D eigenvalue weighted by Gasteiger charge is -2.42. The van der Waals surface area contributed by atoms with Gasteiger partial charge in [-0.2, -0.15) is 13.2 Å². The van der Waals surface area contributed by atoms with E-state index in [0.29, 0.717) is 5.56 Å². The summed E-state index contributed by atoms with van der Waals surface area (Å²) < 4.78 is 48.2. The van der Waals surface area contributed by atoms with Gasteiger partial charge in [-0.15, -0.1) is 0 Å². The zero-order valence-corrected chi connectivity index (χ0v) is 16.3. The van der Waals surface area contributed by atoms with Gasteiger partial charge in [-0.25, -0.2) is 4.79 Å². The van der Waals surface area contributed by atoms with Gasteiger partial charge in [0.25, 0.3) is 0 Å². The van der Waals surface area contributed by atoms with E-state index in [0.717, 1.165) is 43.5 Å². The maximum atomic E-state index is 12.7. The van der Waals surface area contributed by atoms with Crippen molar-refractivity contribution in [1.29, 1.82) is 0 Å². The molecule has 2 aromatic rings. The van der Waals surface area contributed by atoms with Crippen molar-refractivity contribution in [3.05, 3.63) is 47.0 Å². The van der Waals surface area contributed by atoms with E-state index in [4.69, 9.17) is 4.74 Å². The summed E-state index contributed by atoms with van der Waals surface area (Å²) in [5, 5.41) is 0. The molecule has 4 rings (SSSR count). The van der Waals surface area contributed by atoms with Gasteiger partial charge in [-0.05, 0) is 54.1 Å². The molecule has 1 heterocycles. The van der Waals surface area contributed by atoms with Crippen LogP contribution in [0.4, 0.5) is 13.2 Å². The number of nitrogens with zero attached hydrogens (tertiary/aromatic N) is 1. The van der Waals surface area contributed by atoms with Crippen LogP contribution in [-0.2, 0) is 17.6 Å². The molecule has 154 valence electrons. The van der Waals surface area contributed by atoms with Crippen molar-refractivity contribution in [2.45, 2.75) is 38.4 Å². The minimum atomic E-state index is -5.07. The molecule has 0 saturated carbocycles. The monoisotopic (exact) mass is 405 g/mol. The highest BCUT2D eigenvalue weighted by Gasteiger charge is 2.42. The topological polar surface area (TPSA) is 38.8 Å². The molecule has 0 aromatic heterocycles. The van der Waals surface area contributed by atoms with Gasteiger partial charge in [-0.1, -0.05) is 31.2 Å². The van der Waals surface area contributed by atoms with Gasteiger partial charge >= 0.3 is 12.1 Å². The molecule has 1 aliphatic heterocycles. The minimum absolute atomic E-state index is 0.166. The lowest BCUT2D eigenvalue weighted by Crippen LogP contribution is -2.38. The molecule has 0 radical (unpaired) electrons. The van der Waals surface area contributed by atoms with Crippen LogP contribution in [-0.4, -0.2) is 37.2 Å². The molecule has 0 fully saturated rings. The number of fused-ring (bicyclic) bond motifs is 2. The summed E-state index contributed by atoms with van der Waals surface area (Å²) >= 11 is 0. The van der Waals surface area contributed by atoms with Crippen LogP contribution in [0.25, 0.3) is 11.1 Å². The zero-order chi connectivity index (χ0) is 20.8. The number of halogens is 3. The molecule has 7 heteroatoms. The Bertz CT molecular complexity index is 955. The average molecular weight is 405 g/mol. The quantitative estimate of drug-likeness (QED) is 0.546. The maximum Gasteiger partial charge on any atom is 0.491 e. The third-order valence-electron chi connectivity index (χ3n) is 5.68. The van der Waals surface area contributed by atoms with Gasteiger partial charge in [0.1, 0.15) is 0 Å². The van der Waals surface area contributed by atoms with Gasteiger partial charge in [-0.3, -0.25) is 4.90 Å². The molecule has 0 N–H and O–H groups in total. The van der Waals surface area contributed by atoms with Crippen LogP contribution in [0.2, 0.25) is 0 Å². The molecule has 1 unspecified atom stereocenters. The SMILES string of the molecule is CCCN1CCc2cccc3c2C1Cc1ccc(OC(=O)C(F)(F)F)c(OC)c1-3. The van der Waals surface area contributed by atoms with Crippen LogP contribution in [0.15, 0.2) is 30.3 Å². The van der Waals surface area contributed by atoms with Crippen LogP contribution in [0.1, 0.15) is 36.1 Å². The fourth-order valence-corrected chi connectivity index (χ4v) is 4.55.